The summed E-state index contributed by atoms with van der Waals surface area (Å²) in [6.07, 6.45) is 12.9. The highest BCUT2D eigenvalue weighted by molar-refractivity contribution is 5.87. The Hall–Kier alpha value is -2.68. The smallest absolute Gasteiger partial charge is 0.333 e. The van der Waals surface area contributed by atoms with Gasteiger partial charge in [-0.05, 0) is 26.7 Å². The molecule has 230 valence electrons. The van der Waals surface area contributed by atoms with Crippen LogP contribution in [0.4, 0.5) is 0 Å². The predicted octanol–water partition coefficient (Wildman–Crippen LogP) is 4.61. The molecule has 0 radical (unpaired) electrons. The molecule has 40 heavy (non-hydrogen) atoms. The monoisotopic (exact) mass is 566 g/mol. The van der Waals surface area contributed by atoms with Gasteiger partial charge in [0.25, 0.3) is 0 Å². The average molecular weight is 567 g/mol. The molecule has 0 saturated carbocycles. The van der Waals surface area contributed by atoms with Gasteiger partial charge in [-0.3, -0.25) is 9.59 Å². The van der Waals surface area contributed by atoms with Crippen molar-refractivity contribution in [1.82, 2.24) is 10.6 Å². The molecule has 0 heterocycles. The Morgan fingerprint density at radius 2 is 1.00 bits per heavy atom. The van der Waals surface area contributed by atoms with Gasteiger partial charge in [-0.1, -0.05) is 71.4 Å². The van der Waals surface area contributed by atoms with Gasteiger partial charge in [0.15, 0.2) is 0 Å². The quantitative estimate of drug-likeness (QED) is 0.0723. The third kappa shape index (κ3) is 21.2. The minimum atomic E-state index is -0.496. The van der Waals surface area contributed by atoms with E-state index in [9.17, 15) is 19.2 Å². The summed E-state index contributed by atoms with van der Waals surface area (Å²) in [5.74, 6) is -1.33. The van der Waals surface area contributed by atoms with E-state index in [0.717, 1.165) is 26.1 Å². The second kappa shape index (κ2) is 23.1. The predicted molar refractivity (Wildman–Crippen MR) is 159 cm³/mol. The van der Waals surface area contributed by atoms with Crippen molar-refractivity contribution in [2.24, 2.45) is 0 Å². The van der Waals surface area contributed by atoms with E-state index in [2.05, 4.69) is 37.8 Å². The Morgan fingerprint density at radius 3 is 1.38 bits per heavy atom. The van der Waals surface area contributed by atoms with Crippen LogP contribution in [0.15, 0.2) is 24.3 Å². The maximum Gasteiger partial charge on any atom is 0.333 e. The van der Waals surface area contributed by atoms with Crippen molar-refractivity contribution >= 4 is 23.8 Å². The first-order valence-corrected chi connectivity index (χ1v) is 15.0. The summed E-state index contributed by atoms with van der Waals surface area (Å²) in [6, 6.07) is 0. The number of carbonyl (C=O) groups excluding carboxylic acids is 4. The first-order valence-electron chi connectivity index (χ1n) is 15.0. The molecule has 0 aromatic carbocycles. The number of rotatable bonds is 25. The van der Waals surface area contributed by atoms with Crippen LogP contribution < -0.4 is 10.6 Å². The van der Waals surface area contributed by atoms with Crippen molar-refractivity contribution in [3.8, 4) is 0 Å². The summed E-state index contributed by atoms with van der Waals surface area (Å²) in [6.45, 7) is 15.9. The molecule has 0 aliphatic heterocycles. The van der Waals surface area contributed by atoms with E-state index >= 15 is 0 Å². The number of esters is 2. The molecule has 0 fully saturated rings. The van der Waals surface area contributed by atoms with E-state index in [4.69, 9.17) is 9.47 Å². The van der Waals surface area contributed by atoms with Crippen LogP contribution in [0.3, 0.4) is 0 Å². The molecule has 9 nitrogen and oxygen atoms in total. The molecule has 0 aromatic rings. The Balaban J connectivity index is 4.53. The van der Waals surface area contributed by atoms with E-state index in [1.54, 1.807) is 13.8 Å². The standard InChI is InChI=1S/C31H55N3O6/c1-7-8-9-10-11-12-13-14-15-16-21-34(6,22-19-32-28(35)17-24-39-30(37)26(2)3)23-20-33-29(36)18-25-40-31(38)27(4)5/h2,4,7-25H2,1,3,5-6H3,(H-,32,33,35,36)/p+1. The van der Waals surface area contributed by atoms with Gasteiger partial charge in [-0.25, -0.2) is 9.59 Å². The fourth-order valence-electron chi connectivity index (χ4n) is 4.14. The van der Waals surface area contributed by atoms with Crippen molar-refractivity contribution in [2.75, 3.05) is 53.0 Å². The molecule has 0 aliphatic carbocycles. The molecule has 0 aromatic heterocycles. The topological polar surface area (TPSA) is 111 Å². The van der Waals surface area contributed by atoms with Gasteiger partial charge in [-0.2, -0.15) is 0 Å². The Labute approximate surface area is 242 Å². The number of nitrogens with zero attached hydrogens (tertiary/aromatic N) is 1. The third-order valence-electron chi connectivity index (χ3n) is 6.82. The minimum Gasteiger partial charge on any atom is -0.462 e. The van der Waals surface area contributed by atoms with E-state index in [0.29, 0.717) is 28.7 Å². The molecule has 0 aliphatic rings. The SMILES string of the molecule is C=C(C)C(=O)OCCC(=O)NCC[N+](C)(CCCCCCCCCCCC)CCNC(=O)CCOC(=O)C(=C)C. The van der Waals surface area contributed by atoms with Gasteiger partial charge in [-0.15, -0.1) is 0 Å². The molecule has 2 amide bonds. The molecule has 0 spiro atoms. The Morgan fingerprint density at radius 1 is 0.625 bits per heavy atom. The molecule has 0 unspecified atom stereocenters. The molecular weight excluding hydrogens is 510 g/mol. The zero-order chi connectivity index (χ0) is 30.2. The lowest BCUT2D eigenvalue weighted by atomic mass is 10.1. The van der Waals surface area contributed by atoms with Crippen LogP contribution in [0.2, 0.25) is 0 Å². The van der Waals surface area contributed by atoms with Gasteiger partial charge in [0.1, 0.15) is 13.2 Å². The average Bonchev–Trinajstić information content (AvgIpc) is 2.89. The zero-order valence-corrected chi connectivity index (χ0v) is 25.7. The molecule has 9 heteroatoms. The number of unbranched alkanes of at least 4 members (excludes halogenated alkanes) is 9. The maximum absolute atomic E-state index is 12.2. The molecule has 2 N–H and O–H groups in total. The summed E-state index contributed by atoms with van der Waals surface area (Å²) < 4.78 is 10.7. The lowest BCUT2D eigenvalue weighted by Crippen LogP contribution is -2.52. The van der Waals surface area contributed by atoms with Crippen molar-refractivity contribution in [3.63, 3.8) is 0 Å². The largest absolute Gasteiger partial charge is 0.462 e. The van der Waals surface area contributed by atoms with Crippen molar-refractivity contribution in [1.29, 1.82) is 0 Å². The highest BCUT2D eigenvalue weighted by Crippen LogP contribution is 2.12. The second-order valence-electron chi connectivity index (χ2n) is 11.0. The first kappa shape index (κ1) is 37.3. The van der Waals surface area contributed by atoms with Crippen molar-refractivity contribution < 1.29 is 33.1 Å². The van der Waals surface area contributed by atoms with Crippen molar-refractivity contribution in [2.45, 2.75) is 97.8 Å². The maximum atomic E-state index is 12.2. The zero-order valence-electron chi connectivity index (χ0n) is 25.7. The minimum absolute atomic E-state index is 0.0238. The Bertz CT molecular complexity index is 746. The lowest BCUT2D eigenvalue weighted by Gasteiger charge is -2.35. The first-order chi connectivity index (χ1) is 19.0. The van der Waals surface area contributed by atoms with Crippen LogP contribution in [-0.2, 0) is 28.7 Å². The van der Waals surface area contributed by atoms with Gasteiger partial charge >= 0.3 is 11.9 Å². The van der Waals surface area contributed by atoms with E-state index in [1.165, 1.54) is 57.8 Å². The van der Waals surface area contributed by atoms with Crippen molar-refractivity contribution in [3.05, 3.63) is 24.3 Å². The fraction of sp³-hybridized carbons (Fsp3) is 0.742. The number of ether oxygens (including phenoxy) is 2. The van der Waals surface area contributed by atoms with E-state index < -0.39 is 11.9 Å². The summed E-state index contributed by atoms with van der Waals surface area (Å²) in [7, 11) is 2.15. The van der Waals surface area contributed by atoms with Gasteiger partial charge in [0.05, 0.1) is 52.6 Å². The molecule has 0 saturated heterocycles. The number of hydrogen-bond acceptors (Lipinski definition) is 6. The Kier molecular flexibility index (Phi) is 21.5. The highest BCUT2D eigenvalue weighted by atomic mass is 16.5. The molecular formula is C31H56N3O6+. The summed E-state index contributed by atoms with van der Waals surface area (Å²) in [5, 5.41) is 5.83. The van der Waals surface area contributed by atoms with Crippen LogP contribution in [0, 0.1) is 0 Å². The second-order valence-corrected chi connectivity index (χ2v) is 11.0. The molecule has 0 bridgehead atoms. The van der Waals surface area contributed by atoms with E-state index in [-0.39, 0.29) is 37.9 Å². The lowest BCUT2D eigenvalue weighted by molar-refractivity contribution is -0.907. The molecule has 0 rings (SSSR count). The number of likely N-dealkylation sites (N-methyl/N-ethyl adjacent to an activating group) is 1. The normalized spacial score (nSPS) is 11.0. The molecule has 0 atom stereocenters. The van der Waals surface area contributed by atoms with Gasteiger partial charge < -0.3 is 24.6 Å². The van der Waals surface area contributed by atoms with Crippen LogP contribution in [-0.4, -0.2) is 81.2 Å². The summed E-state index contributed by atoms with van der Waals surface area (Å²) in [5.41, 5.74) is 0.612. The van der Waals surface area contributed by atoms with Gasteiger partial charge in [0, 0.05) is 11.1 Å². The number of nitrogens with one attached hydrogen (secondary N) is 2. The van der Waals surface area contributed by atoms with Crippen LogP contribution in [0.5, 0.6) is 0 Å². The van der Waals surface area contributed by atoms with Gasteiger partial charge in [0.2, 0.25) is 11.8 Å². The number of quaternary nitrogens is 1. The third-order valence-corrected chi connectivity index (χ3v) is 6.82. The van der Waals surface area contributed by atoms with Crippen LogP contribution in [0.25, 0.3) is 0 Å². The fourth-order valence-corrected chi connectivity index (χ4v) is 4.14. The van der Waals surface area contributed by atoms with Crippen LogP contribution >= 0.6 is 0 Å². The summed E-state index contributed by atoms with van der Waals surface area (Å²) >= 11 is 0. The van der Waals surface area contributed by atoms with Crippen LogP contribution in [0.1, 0.15) is 97.8 Å². The highest BCUT2D eigenvalue weighted by Gasteiger charge is 2.21. The number of hydrogen-bond donors (Lipinski definition) is 2. The van der Waals surface area contributed by atoms with E-state index in [1.807, 2.05) is 0 Å². The summed E-state index contributed by atoms with van der Waals surface area (Å²) in [4.78, 5) is 47.3. The number of amides is 2. The number of carbonyl (C=O) groups is 4.